The van der Waals surface area contributed by atoms with Crippen LogP contribution in [0.1, 0.15) is 38.0 Å². The number of ether oxygens (including phenoxy) is 1. The van der Waals surface area contributed by atoms with E-state index in [0.717, 1.165) is 28.3 Å². The zero-order valence-electron chi connectivity index (χ0n) is 17.1. The minimum Gasteiger partial charge on any atom is -0.497 e. The van der Waals surface area contributed by atoms with Crippen LogP contribution in [0.2, 0.25) is 0 Å². The molecule has 2 atom stereocenters. The summed E-state index contributed by atoms with van der Waals surface area (Å²) >= 11 is 1.30. The summed E-state index contributed by atoms with van der Waals surface area (Å²) in [4.78, 5) is 18.1. The number of carbonyl (C=O) groups is 1. The van der Waals surface area contributed by atoms with E-state index in [4.69, 9.17) is 4.74 Å². The number of aryl methyl sites for hydroxylation is 1. The van der Waals surface area contributed by atoms with E-state index in [-0.39, 0.29) is 22.9 Å². The van der Waals surface area contributed by atoms with Crippen LogP contribution in [0, 0.1) is 23.7 Å². The maximum atomic E-state index is 13.0. The van der Waals surface area contributed by atoms with Crippen molar-refractivity contribution in [1.82, 2.24) is 4.98 Å². The number of Topliss-reactive ketones (excluding diaryl/α,β-unsaturated/α-hetero) is 1. The molecule has 0 unspecified atom stereocenters. The van der Waals surface area contributed by atoms with E-state index in [1.165, 1.54) is 11.3 Å². The third-order valence-electron chi connectivity index (χ3n) is 6.98. The summed E-state index contributed by atoms with van der Waals surface area (Å²) in [5, 5.41) is 0.336. The Kier molecular flexibility index (Phi) is 4.77. The number of anilines is 1. The average molecular weight is 435 g/mol. The molecule has 0 spiro atoms. The number of aromatic nitrogens is 1. The number of benzene rings is 1. The Balaban J connectivity index is 1.57. The van der Waals surface area contributed by atoms with Gasteiger partial charge in [0.1, 0.15) is 11.5 Å². The lowest BCUT2D eigenvalue weighted by Gasteiger charge is -2.36. The van der Waals surface area contributed by atoms with Gasteiger partial charge in [-0.25, -0.2) is 13.4 Å². The molecule has 1 aromatic heterocycles. The molecule has 0 aliphatic heterocycles. The number of hydrogen-bond donors (Lipinski definition) is 1. The number of carbonyl (C=O) groups excluding carboxylic acids is 1. The fourth-order valence-electron chi connectivity index (χ4n) is 5.06. The number of sulfonamides is 1. The first kappa shape index (κ1) is 20.3. The second-order valence-corrected chi connectivity index (χ2v) is 11.6. The minimum atomic E-state index is -3.71. The molecule has 0 amide bonds. The first-order chi connectivity index (χ1) is 13.6. The molecule has 2 saturated carbocycles. The molecule has 4 rings (SSSR count). The van der Waals surface area contributed by atoms with Gasteiger partial charge in [0, 0.05) is 16.9 Å². The number of methoxy groups -OCH3 is 1. The monoisotopic (exact) mass is 434 g/mol. The number of thiazole rings is 1. The van der Waals surface area contributed by atoms with Crippen LogP contribution < -0.4 is 9.46 Å². The van der Waals surface area contributed by atoms with Crippen LogP contribution >= 0.6 is 11.3 Å². The van der Waals surface area contributed by atoms with Crippen molar-refractivity contribution in [3.8, 4) is 17.0 Å². The third kappa shape index (κ3) is 3.26. The van der Waals surface area contributed by atoms with E-state index in [1.807, 2.05) is 45.0 Å². The lowest BCUT2D eigenvalue weighted by Crippen LogP contribution is -2.43. The van der Waals surface area contributed by atoms with Crippen LogP contribution in [0.25, 0.3) is 11.3 Å². The molecule has 2 aliphatic carbocycles. The molecule has 1 heterocycles. The fourth-order valence-corrected chi connectivity index (χ4v) is 8.00. The molecular weight excluding hydrogens is 408 g/mol. The molecule has 8 heteroatoms. The summed E-state index contributed by atoms with van der Waals surface area (Å²) in [6.07, 6.45) is 2.07. The number of fused-ring (bicyclic) bond motifs is 2. The molecular formula is C21H26N2O4S2. The zero-order chi connectivity index (χ0) is 21.0. The van der Waals surface area contributed by atoms with Crippen molar-refractivity contribution in [3.63, 3.8) is 0 Å². The van der Waals surface area contributed by atoms with Crippen LogP contribution in [0.3, 0.4) is 0 Å². The lowest BCUT2D eigenvalue weighted by molar-refractivity contribution is -0.128. The normalized spacial score (nSPS) is 25.4. The molecule has 2 bridgehead atoms. The fraction of sp³-hybridized carbons (Fsp3) is 0.524. The van der Waals surface area contributed by atoms with Crippen molar-refractivity contribution < 1.29 is 17.9 Å². The predicted molar refractivity (Wildman–Crippen MR) is 115 cm³/mol. The van der Waals surface area contributed by atoms with Crippen molar-refractivity contribution in [2.24, 2.45) is 16.7 Å². The van der Waals surface area contributed by atoms with E-state index in [9.17, 15) is 13.2 Å². The maximum absolute atomic E-state index is 13.0. The number of rotatable bonds is 6. The van der Waals surface area contributed by atoms with Gasteiger partial charge in [0.25, 0.3) is 0 Å². The smallest absolute Gasteiger partial charge is 0.235 e. The van der Waals surface area contributed by atoms with E-state index in [0.29, 0.717) is 18.0 Å². The van der Waals surface area contributed by atoms with Gasteiger partial charge in [-0.2, -0.15) is 0 Å². The Morgan fingerprint density at radius 1 is 1.28 bits per heavy atom. The number of nitrogens with zero attached hydrogens (tertiary/aromatic N) is 1. The van der Waals surface area contributed by atoms with Crippen LogP contribution in [-0.2, 0) is 14.8 Å². The van der Waals surface area contributed by atoms with Crippen molar-refractivity contribution in [1.29, 1.82) is 0 Å². The second-order valence-electron chi connectivity index (χ2n) is 8.68. The summed E-state index contributed by atoms with van der Waals surface area (Å²) < 4.78 is 33.8. The Hall–Kier alpha value is -1.93. The van der Waals surface area contributed by atoms with Gasteiger partial charge in [0.15, 0.2) is 5.13 Å². The molecule has 1 aromatic carbocycles. The van der Waals surface area contributed by atoms with Gasteiger partial charge in [0.05, 0.1) is 24.0 Å². The Morgan fingerprint density at radius 3 is 2.52 bits per heavy atom. The van der Waals surface area contributed by atoms with E-state index >= 15 is 0 Å². The Morgan fingerprint density at radius 2 is 1.97 bits per heavy atom. The minimum absolute atomic E-state index is 0.0957. The van der Waals surface area contributed by atoms with Crippen LogP contribution in [-0.4, -0.2) is 32.0 Å². The van der Waals surface area contributed by atoms with E-state index in [2.05, 4.69) is 9.71 Å². The molecule has 29 heavy (non-hydrogen) atoms. The SMILES string of the molecule is COc1ccc(-c2nc(NS(=O)(=O)C[C@@]34CC[C@@H](CC3=O)C4(C)C)sc2C)cc1. The van der Waals surface area contributed by atoms with Gasteiger partial charge < -0.3 is 4.74 Å². The molecule has 1 N–H and O–H groups in total. The van der Waals surface area contributed by atoms with Gasteiger partial charge >= 0.3 is 0 Å². The topological polar surface area (TPSA) is 85.4 Å². The predicted octanol–water partition coefficient (Wildman–Crippen LogP) is 4.26. The molecule has 2 aromatic rings. The summed E-state index contributed by atoms with van der Waals surface area (Å²) in [5.41, 5.74) is 0.571. The van der Waals surface area contributed by atoms with Crippen LogP contribution in [0.5, 0.6) is 5.75 Å². The first-order valence-electron chi connectivity index (χ1n) is 9.74. The second kappa shape index (κ2) is 6.80. The van der Waals surface area contributed by atoms with Crippen molar-refractivity contribution in [3.05, 3.63) is 29.1 Å². The van der Waals surface area contributed by atoms with E-state index in [1.54, 1.807) is 7.11 Å². The third-order valence-corrected chi connectivity index (χ3v) is 9.37. The summed E-state index contributed by atoms with van der Waals surface area (Å²) in [5.74, 6) is 0.964. The highest BCUT2D eigenvalue weighted by atomic mass is 32.2. The van der Waals surface area contributed by atoms with Gasteiger partial charge in [-0.15, -0.1) is 11.3 Å². The van der Waals surface area contributed by atoms with Gasteiger partial charge in [-0.3, -0.25) is 9.52 Å². The average Bonchev–Trinajstić information content (AvgIpc) is 3.18. The van der Waals surface area contributed by atoms with Gasteiger partial charge in [0.2, 0.25) is 10.0 Å². The Bertz CT molecular complexity index is 1060. The number of nitrogens with one attached hydrogen (secondary N) is 1. The molecule has 0 saturated heterocycles. The number of ketones is 1. The highest BCUT2D eigenvalue weighted by molar-refractivity contribution is 7.92. The highest BCUT2D eigenvalue weighted by Gasteiger charge is 2.65. The summed E-state index contributed by atoms with van der Waals surface area (Å²) in [6.45, 7) is 6.00. The standard InChI is InChI=1S/C21H26N2O4S2/c1-13-18(14-5-7-16(27-4)8-6-14)22-19(28-13)23-29(25,26)12-21-10-9-15(11-17(21)24)20(21,2)3/h5-8,15H,9-12H2,1-4H3,(H,22,23)/t15-,21-/m0/s1. The first-order valence-corrected chi connectivity index (χ1v) is 12.2. The largest absolute Gasteiger partial charge is 0.497 e. The maximum Gasteiger partial charge on any atom is 0.235 e. The van der Waals surface area contributed by atoms with E-state index < -0.39 is 15.4 Å². The van der Waals surface area contributed by atoms with Crippen molar-refractivity contribution >= 4 is 32.3 Å². The van der Waals surface area contributed by atoms with Crippen molar-refractivity contribution in [2.75, 3.05) is 17.6 Å². The van der Waals surface area contributed by atoms with Crippen LogP contribution in [0.4, 0.5) is 5.13 Å². The van der Waals surface area contributed by atoms with Crippen LogP contribution in [0.15, 0.2) is 24.3 Å². The van der Waals surface area contributed by atoms with Gasteiger partial charge in [-0.1, -0.05) is 13.8 Å². The molecule has 2 fully saturated rings. The summed E-state index contributed by atoms with van der Waals surface area (Å²) in [7, 11) is -2.10. The Labute approximate surface area is 175 Å². The lowest BCUT2D eigenvalue weighted by atomic mass is 9.70. The zero-order valence-corrected chi connectivity index (χ0v) is 18.7. The van der Waals surface area contributed by atoms with Gasteiger partial charge in [-0.05, 0) is 55.4 Å². The number of hydrogen-bond acceptors (Lipinski definition) is 6. The quantitative estimate of drug-likeness (QED) is 0.734. The molecule has 0 radical (unpaired) electrons. The highest BCUT2D eigenvalue weighted by Crippen LogP contribution is 2.64. The molecule has 6 nitrogen and oxygen atoms in total. The molecule has 156 valence electrons. The van der Waals surface area contributed by atoms with Crippen molar-refractivity contribution in [2.45, 2.75) is 40.0 Å². The summed E-state index contributed by atoms with van der Waals surface area (Å²) in [6, 6.07) is 7.50. The molecule has 2 aliphatic rings.